The van der Waals surface area contributed by atoms with Crippen LogP contribution in [0.4, 0.5) is 0 Å². The minimum Gasteiger partial charge on any atom is -0.271 e. The van der Waals surface area contributed by atoms with E-state index in [1.54, 1.807) is 0 Å². The Morgan fingerprint density at radius 2 is 2.23 bits per heavy atom. The fraction of sp³-hybridized carbons (Fsp3) is 1.00. The largest absolute Gasteiger partial charge is 0.271 e. The summed E-state index contributed by atoms with van der Waals surface area (Å²) in [6, 6.07) is 0.534. The lowest BCUT2D eigenvalue weighted by atomic mass is 10.2. The van der Waals surface area contributed by atoms with Crippen LogP contribution in [-0.4, -0.2) is 17.0 Å². The van der Waals surface area contributed by atoms with E-state index < -0.39 is 0 Å². The lowest BCUT2D eigenvalue weighted by Crippen LogP contribution is -2.37. The molecule has 3 N–H and O–H groups in total. The molecule has 13 heavy (non-hydrogen) atoms. The van der Waals surface area contributed by atoms with Crippen LogP contribution in [0.15, 0.2) is 0 Å². The molecule has 2 unspecified atom stereocenters. The third kappa shape index (κ3) is 4.89. The zero-order chi connectivity index (χ0) is 9.68. The van der Waals surface area contributed by atoms with Crippen molar-refractivity contribution in [2.24, 2.45) is 11.8 Å². The van der Waals surface area contributed by atoms with Crippen LogP contribution < -0.4 is 11.3 Å². The van der Waals surface area contributed by atoms with Gasteiger partial charge in [-0.25, -0.2) is 0 Å². The van der Waals surface area contributed by atoms with Crippen LogP contribution in [-0.2, 0) is 0 Å². The Morgan fingerprint density at radius 1 is 1.54 bits per heavy atom. The van der Waals surface area contributed by atoms with E-state index in [1.807, 2.05) is 11.8 Å². The van der Waals surface area contributed by atoms with Crippen molar-refractivity contribution < 1.29 is 0 Å². The Bertz CT molecular complexity index is 137. The van der Waals surface area contributed by atoms with Gasteiger partial charge in [-0.2, -0.15) is 11.8 Å². The van der Waals surface area contributed by atoms with Gasteiger partial charge >= 0.3 is 0 Å². The topological polar surface area (TPSA) is 38.0 Å². The quantitative estimate of drug-likeness (QED) is 0.491. The lowest BCUT2D eigenvalue weighted by molar-refractivity contribution is 0.508. The van der Waals surface area contributed by atoms with E-state index in [1.165, 1.54) is 31.4 Å². The Morgan fingerprint density at radius 3 is 2.69 bits per heavy atom. The monoisotopic (exact) mass is 202 g/mol. The van der Waals surface area contributed by atoms with Gasteiger partial charge in [-0.05, 0) is 18.8 Å². The summed E-state index contributed by atoms with van der Waals surface area (Å²) >= 11 is 2.04. The first-order valence-electron chi connectivity index (χ1n) is 5.34. The van der Waals surface area contributed by atoms with Crippen molar-refractivity contribution in [2.75, 3.05) is 5.75 Å². The Kier molecular flexibility index (Phi) is 5.14. The second-order valence-corrected chi connectivity index (χ2v) is 5.57. The normalized spacial score (nSPS) is 21.5. The summed E-state index contributed by atoms with van der Waals surface area (Å²) in [6.45, 7) is 4.53. The van der Waals surface area contributed by atoms with E-state index in [2.05, 4.69) is 19.3 Å². The van der Waals surface area contributed by atoms with Gasteiger partial charge in [0.15, 0.2) is 0 Å². The SMILES string of the molecule is CCC(C)SCC(CC1CC1)NN. The number of rotatable bonds is 7. The minimum absolute atomic E-state index is 0.534. The predicted octanol–water partition coefficient (Wildman–Crippen LogP) is 2.15. The molecule has 0 radical (unpaired) electrons. The van der Waals surface area contributed by atoms with Gasteiger partial charge in [-0.15, -0.1) is 0 Å². The number of hydrogen-bond donors (Lipinski definition) is 2. The van der Waals surface area contributed by atoms with E-state index >= 15 is 0 Å². The van der Waals surface area contributed by atoms with Crippen molar-refractivity contribution in [3.8, 4) is 0 Å². The van der Waals surface area contributed by atoms with Crippen molar-refractivity contribution in [1.29, 1.82) is 0 Å². The lowest BCUT2D eigenvalue weighted by Gasteiger charge is -2.17. The van der Waals surface area contributed by atoms with Crippen molar-refractivity contribution >= 4 is 11.8 Å². The molecule has 2 atom stereocenters. The molecule has 3 heteroatoms. The van der Waals surface area contributed by atoms with Gasteiger partial charge in [0, 0.05) is 17.0 Å². The van der Waals surface area contributed by atoms with Gasteiger partial charge in [0.25, 0.3) is 0 Å². The van der Waals surface area contributed by atoms with Crippen molar-refractivity contribution in [1.82, 2.24) is 5.43 Å². The summed E-state index contributed by atoms with van der Waals surface area (Å²) < 4.78 is 0. The molecule has 1 saturated carbocycles. The van der Waals surface area contributed by atoms with E-state index in [0.29, 0.717) is 6.04 Å². The van der Waals surface area contributed by atoms with Crippen LogP contribution in [0.3, 0.4) is 0 Å². The first kappa shape index (κ1) is 11.3. The van der Waals surface area contributed by atoms with Gasteiger partial charge in [-0.1, -0.05) is 26.7 Å². The van der Waals surface area contributed by atoms with Gasteiger partial charge in [-0.3, -0.25) is 11.3 Å². The molecule has 0 saturated heterocycles. The first-order valence-corrected chi connectivity index (χ1v) is 6.38. The molecular weight excluding hydrogens is 180 g/mol. The zero-order valence-electron chi connectivity index (χ0n) is 8.75. The first-order chi connectivity index (χ1) is 6.26. The highest BCUT2D eigenvalue weighted by molar-refractivity contribution is 7.99. The van der Waals surface area contributed by atoms with Crippen LogP contribution in [0.2, 0.25) is 0 Å². The Hall–Kier alpha value is 0.270. The number of nitrogens with one attached hydrogen (secondary N) is 1. The van der Waals surface area contributed by atoms with Crippen LogP contribution >= 0.6 is 11.8 Å². The maximum atomic E-state index is 5.51. The summed E-state index contributed by atoms with van der Waals surface area (Å²) in [7, 11) is 0. The van der Waals surface area contributed by atoms with Gasteiger partial charge in [0.1, 0.15) is 0 Å². The molecule has 1 fully saturated rings. The van der Waals surface area contributed by atoms with Gasteiger partial charge in [0.05, 0.1) is 0 Å². The van der Waals surface area contributed by atoms with Crippen molar-refractivity contribution in [2.45, 2.75) is 50.8 Å². The number of thioether (sulfide) groups is 1. The highest BCUT2D eigenvalue weighted by Gasteiger charge is 2.24. The Balaban J connectivity index is 2.07. The summed E-state index contributed by atoms with van der Waals surface area (Å²) in [6.07, 6.45) is 5.38. The predicted molar refractivity (Wildman–Crippen MR) is 60.7 cm³/mol. The van der Waals surface area contributed by atoms with Crippen LogP contribution in [0, 0.1) is 5.92 Å². The average Bonchev–Trinajstić information content (AvgIpc) is 2.95. The maximum absolute atomic E-state index is 5.51. The summed E-state index contributed by atoms with van der Waals surface area (Å²) in [5.41, 5.74) is 2.93. The summed E-state index contributed by atoms with van der Waals surface area (Å²) in [4.78, 5) is 0. The second kappa shape index (κ2) is 5.89. The molecule has 1 aliphatic rings. The standard InChI is InChI=1S/C10H22N2S/c1-3-8(2)13-7-10(12-11)6-9-4-5-9/h8-10,12H,3-7,11H2,1-2H3. The molecular formula is C10H22N2S. The van der Waals surface area contributed by atoms with E-state index in [-0.39, 0.29) is 0 Å². The highest BCUT2D eigenvalue weighted by Crippen LogP contribution is 2.34. The van der Waals surface area contributed by atoms with E-state index in [4.69, 9.17) is 5.84 Å². The minimum atomic E-state index is 0.534. The number of hydrogen-bond acceptors (Lipinski definition) is 3. The number of nitrogens with two attached hydrogens (primary N) is 1. The molecule has 78 valence electrons. The van der Waals surface area contributed by atoms with Crippen LogP contribution in [0.1, 0.15) is 39.5 Å². The fourth-order valence-corrected chi connectivity index (χ4v) is 2.37. The Labute approximate surface area is 86.0 Å². The van der Waals surface area contributed by atoms with Crippen LogP contribution in [0.25, 0.3) is 0 Å². The molecule has 2 nitrogen and oxygen atoms in total. The molecule has 0 aromatic heterocycles. The fourth-order valence-electron chi connectivity index (χ4n) is 1.34. The molecule has 1 aliphatic carbocycles. The molecule has 1 rings (SSSR count). The molecule has 0 aromatic carbocycles. The third-order valence-corrected chi connectivity index (χ3v) is 4.20. The van der Waals surface area contributed by atoms with Gasteiger partial charge < -0.3 is 0 Å². The zero-order valence-corrected chi connectivity index (χ0v) is 9.57. The molecule has 0 spiro atoms. The average molecular weight is 202 g/mol. The smallest absolute Gasteiger partial charge is 0.0303 e. The molecule has 0 amide bonds. The maximum Gasteiger partial charge on any atom is 0.0303 e. The third-order valence-electron chi connectivity index (χ3n) is 2.71. The molecule has 0 aromatic rings. The van der Waals surface area contributed by atoms with Crippen molar-refractivity contribution in [3.05, 3.63) is 0 Å². The molecule has 0 heterocycles. The summed E-state index contributed by atoms with van der Waals surface area (Å²) in [5, 5.41) is 0.773. The van der Waals surface area contributed by atoms with E-state index in [9.17, 15) is 0 Å². The van der Waals surface area contributed by atoms with Gasteiger partial charge in [0.2, 0.25) is 0 Å². The second-order valence-electron chi connectivity index (χ2n) is 4.09. The highest BCUT2D eigenvalue weighted by atomic mass is 32.2. The molecule has 0 bridgehead atoms. The summed E-state index contributed by atoms with van der Waals surface area (Å²) in [5.74, 6) is 7.65. The molecule has 0 aliphatic heterocycles. The van der Waals surface area contributed by atoms with Crippen LogP contribution in [0.5, 0.6) is 0 Å². The van der Waals surface area contributed by atoms with Crippen molar-refractivity contribution in [3.63, 3.8) is 0 Å². The van der Waals surface area contributed by atoms with E-state index in [0.717, 1.165) is 11.2 Å². The number of hydrazine groups is 1.